The maximum absolute atomic E-state index is 6.02. The molecule has 14 heavy (non-hydrogen) atoms. The topological polar surface area (TPSA) is 29.3 Å². The van der Waals surface area contributed by atoms with Gasteiger partial charge in [-0.1, -0.05) is 17.7 Å². The smallest absolute Gasteiger partial charge is 0.0542 e. The number of likely N-dealkylation sites (N-methyl/N-ethyl adjacent to an activating group) is 1. The second-order valence-corrected chi connectivity index (χ2v) is 4.84. The van der Waals surface area contributed by atoms with Crippen LogP contribution in [0, 0.1) is 3.57 Å². The average Bonchev–Trinajstić information content (AvgIpc) is 2.12. The maximum Gasteiger partial charge on any atom is 0.0542 e. The highest BCUT2D eigenvalue weighted by Crippen LogP contribution is 2.20. The fraction of sp³-hybridized carbons (Fsp3) is 0.400. The van der Waals surface area contributed by atoms with Crippen LogP contribution in [0.3, 0.4) is 0 Å². The van der Waals surface area contributed by atoms with Crippen LogP contribution in [0.5, 0.6) is 0 Å². The van der Waals surface area contributed by atoms with Gasteiger partial charge in [-0.3, -0.25) is 0 Å². The molecular formula is C10H14ClIN2. The highest BCUT2D eigenvalue weighted by Gasteiger charge is 2.01. The Kier molecular flexibility index (Phi) is 5.15. The van der Waals surface area contributed by atoms with E-state index in [4.69, 9.17) is 17.3 Å². The van der Waals surface area contributed by atoms with Gasteiger partial charge >= 0.3 is 0 Å². The van der Waals surface area contributed by atoms with Crippen molar-refractivity contribution in [2.45, 2.75) is 6.54 Å². The lowest BCUT2D eigenvalue weighted by molar-refractivity contribution is 0.336. The zero-order valence-corrected chi connectivity index (χ0v) is 11.0. The zero-order chi connectivity index (χ0) is 10.6. The van der Waals surface area contributed by atoms with Gasteiger partial charge < -0.3 is 10.6 Å². The summed E-state index contributed by atoms with van der Waals surface area (Å²) in [4.78, 5) is 2.18. The first kappa shape index (κ1) is 12.2. The Morgan fingerprint density at radius 1 is 1.50 bits per heavy atom. The largest absolute Gasteiger partial charge is 0.329 e. The Balaban J connectivity index is 2.63. The Labute approximate surface area is 104 Å². The lowest BCUT2D eigenvalue weighted by atomic mass is 10.2. The van der Waals surface area contributed by atoms with Gasteiger partial charge in [0.2, 0.25) is 0 Å². The summed E-state index contributed by atoms with van der Waals surface area (Å²) < 4.78 is 1.09. The minimum atomic E-state index is 0.689. The van der Waals surface area contributed by atoms with E-state index >= 15 is 0 Å². The van der Waals surface area contributed by atoms with E-state index in [0.29, 0.717) is 6.54 Å². The van der Waals surface area contributed by atoms with Crippen LogP contribution >= 0.6 is 34.2 Å². The SMILES string of the molecule is CN(CCN)Cc1ccc(I)c(Cl)c1. The van der Waals surface area contributed by atoms with Crippen LogP contribution in [-0.4, -0.2) is 25.0 Å². The molecule has 0 heterocycles. The van der Waals surface area contributed by atoms with E-state index in [-0.39, 0.29) is 0 Å². The third-order valence-electron chi connectivity index (χ3n) is 1.95. The number of hydrogen-bond donors (Lipinski definition) is 1. The van der Waals surface area contributed by atoms with Gasteiger partial charge in [-0.15, -0.1) is 0 Å². The summed E-state index contributed by atoms with van der Waals surface area (Å²) in [6.07, 6.45) is 0. The minimum Gasteiger partial charge on any atom is -0.329 e. The number of benzene rings is 1. The summed E-state index contributed by atoms with van der Waals surface area (Å²) in [6, 6.07) is 6.14. The van der Waals surface area contributed by atoms with Gasteiger partial charge in [0.1, 0.15) is 0 Å². The number of hydrogen-bond acceptors (Lipinski definition) is 2. The molecule has 0 saturated carbocycles. The molecule has 0 unspecified atom stereocenters. The van der Waals surface area contributed by atoms with E-state index in [2.05, 4.69) is 40.6 Å². The summed E-state index contributed by atoms with van der Waals surface area (Å²) in [7, 11) is 2.05. The first-order valence-electron chi connectivity index (χ1n) is 4.46. The van der Waals surface area contributed by atoms with Gasteiger partial charge in [0.25, 0.3) is 0 Å². The van der Waals surface area contributed by atoms with E-state index < -0.39 is 0 Å². The molecule has 1 aromatic carbocycles. The zero-order valence-electron chi connectivity index (χ0n) is 8.13. The molecule has 78 valence electrons. The molecule has 0 bridgehead atoms. The summed E-state index contributed by atoms with van der Waals surface area (Å²) in [6.45, 7) is 2.49. The maximum atomic E-state index is 6.02. The first-order chi connectivity index (χ1) is 6.63. The molecule has 0 saturated heterocycles. The van der Waals surface area contributed by atoms with Crippen molar-refractivity contribution in [3.63, 3.8) is 0 Å². The highest BCUT2D eigenvalue weighted by molar-refractivity contribution is 14.1. The number of nitrogens with zero attached hydrogens (tertiary/aromatic N) is 1. The van der Waals surface area contributed by atoms with Gasteiger partial charge in [-0.2, -0.15) is 0 Å². The van der Waals surface area contributed by atoms with Crippen molar-refractivity contribution in [1.29, 1.82) is 0 Å². The molecule has 0 spiro atoms. The fourth-order valence-corrected chi connectivity index (χ4v) is 1.79. The summed E-state index contributed by atoms with van der Waals surface area (Å²) in [5, 5.41) is 0.823. The molecule has 1 rings (SSSR count). The summed E-state index contributed by atoms with van der Waals surface area (Å²) in [5.41, 5.74) is 6.70. The minimum absolute atomic E-state index is 0.689. The van der Waals surface area contributed by atoms with Crippen molar-refractivity contribution < 1.29 is 0 Å². The van der Waals surface area contributed by atoms with Crippen LogP contribution in [0.25, 0.3) is 0 Å². The lowest BCUT2D eigenvalue weighted by Crippen LogP contribution is -2.24. The van der Waals surface area contributed by atoms with Crippen molar-refractivity contribution in [2.75, 3.05) is 20.1 Å². The number of rotatable bonds is 4. The lowest BCUT2D eigenvalue weighted by Gasteiger charge is -2.15. The van der Waals surface area contributed by atoms with Crippen LogP contribution in [0.2, 0.25) is 5.02 Å². The Hall–Kier alpha value is 0.160. The molecule has 0 radical (unpaired) electrons. The monoisotopic (exact) mass is 324 g/mol. The van der Waals surface area contributed by atoms with Crippen molar-refractivity contribution in [3.05, 3.63) is 32.4 Å². The van der Waals surface area contributed by atoms with Crippen molar-refractivity contribution in [2.24, 2.45) is 5.73 Å². The Morgan fingerprint density at radius 2 is 2.21 bits per heavy atom. The molecule has 4 heteroatoms. The van der Waals surface area contributed by atoms with Crippen LogP contribution in [-0.2, 0) is 6.54 Å². The Morgan fingerprint density at radius 3 is 2.79 bits per heavy atom. The van der Waals surface area contributed by atoms with Gasteiger partial charge in [-0.25, -0.2) is 0 Å². The predicted molar refractivity (Wildman–Crippen MR) is 69.6 cm³/mol. The summed E-state index contributed by atoms with van der Waals surface area (Å²) in [5.74, 6) is 0. The van der Waals surface area contributed by atoms with E-state index in [9.17, 15) is 0 Å². The van der Waals surface area contributed by atoms with E-state index in [1.165, 1.54) is 5.56 Å². The van der Waals surface area contributed by atoms with E-state index in [1.807, 2.05) is 12.1 Å². The molecular weight excluding hydrogens is 310 g/mol. The standard InChI is InChI=1S/C10H14ClIN2/c1-14(5-4-13)7-8-2-3-10(12)9(11)6-8/h2-3,6H,4-5,7,13H2,1H3. The third-order valence-corrected chi connectivity index (χ3v) is 3.52. The highest BCUT2D eigenvalue weighted by atomic mass is 127. The molecule has 0 aromatic heterocycles. The van der Waals surface area contributed by atoms with Gasteiger partial charge in [-0.05, 0) is 47.3 Å². The van der Waals surface area contributed by atoms with Gasteiger partial charge in [0.15, 0.2) is 0 Å². The Bertz CT molecular complexity index is 304. The van der Waals surface area contributed by atoms with Gasteiger partial charge in [0.05, 0.1) is 5.02 Å². The molecule has 0 atom stereocenters. The summed E-state index contributed by atoms with van der Waals surface area (Å²) >= 11 is 8.25. The molecule has 0 aliphatic heterocycles. The van der Waals surface area contributed by atoms with Crippen LogP contribution in [0.4, 0.5) is 0 Å². The third kappa shape index (κ3) is 3.73. The molecule has 2 nitrogen and oxygen atoms in total. The first-order valence-corrected chi connectivity index (χ1v) is 5.91. The normalized spacial score (nSPS) is 10.9. The number of nitrogens with two attached hydrogens (primary N) is 1. The van der Waals surface area contributed by atoms with Crippen LogP contribution in [0.15, 0.2) is 18.2 Å². The molecule has 0 aliphatic rings. The molecule has 0 amide bonds. The van der Waals surface area contributed by atoms with Crippen molar-refractivity contribution >= 4 is 34.2 Å². The van der Waals surface area contributed by atoms with Crippen LogP contribution in [0.1, 0.15) is 5.56 Å². The number of halogens is 2. The van der Waals surface area contributed by atoms with E-state index in [0.717, 1.165) is 21.7 Å². The molecule has 1 aromatic rings. The molecule has 2 N–H and O–H groups in total. The second kappa shape index (κ2) is 5.90. The van der Waals surface area contributed by atoms with Crippen molar-refractivity contribution in [3.8, 4) is 0 Å². The molecule has 0 aliphatic carbocycles. The second-order valence-electron chi connectivity index (χ2n) is 3.27. The van der Waals surface area contributed by atoms with Gasteiger partial charge in [0, 0.05) is 23.2 Å². The van der Waals surface area contributed by atoms with Crippen LogP contribution < -0.4 is 5.73 Å². The van der Waals surface area contributed by atoms with E-state index in [1.54, 1.807) is 0 Å². The quantitative estimate of drug-likeness (QED) is 0.862. The predicted octanol–water partition coefficient (Wildman–Crippen LogP) is 2.34. The molecule has 0 fully saturated rings. The average molecular weight is 325 g/mol. The fourth-order valence-electron chi connectivity index (χ4n) is 1.25. The van der Waals surface area contributed by atoms with Crippen molar-refractivity contribution in [1.82, 2.24) is 4.90 Å².